The second-order valence-corrected chi connectivity index (χ2v) is 6.74. The van der Waals surface area contributed by atoms with Gasteiger partial charge >= 0.3 is 5.97 Å². The molecule has 0 spiro atoms. The molecule has 3 atom stereocenters. The zero-order chi connectivity index (χ0) is 17.2. The van der Waals surface area contributed by atoms with Gasteiger partial charge in [0.1, 0.15) is 0 Å². The average molecular weight is 330 g/mol. The molecule has 1 unspecified atom stereocenters. The summed E-state index contributed by atoms with van der Waals surface area (Å²) in [6.07, 6.45) is 0.858. The van der Waals surface area contributed by atoms with Crippen molar-refractivity contribution in [2.45, 2.75) is 25.2 Å². The number of hydrogen-bond acceptors (Lipinski definition) is 2. The summed E-state index contributed by atoms with van der Waals surface area (Å²) in [5.41, 5.74) is 2.54. The lowest BCUT2D eigenvalue weighted by Crippen LogP contribution is -2.39. The first kappa shape index (κ1) is 15.9. The van der Waals surface area contributed by atoms with Crippen LogP contribution in [0.3, 0.4) is 0 Å². The molecule has 0 radical (unpaired) electrons. The van der Waals surface area contributed by atoms with Gasteiger partial charge in [0, 0.05) is 5.92 Å². The first-order valence-corrected chi connectivity index (χ1v) is 8.98. The van der Waals surface area contributed by atoms with Gasteiger partial charge in [0.05, 0.1) is 12.5 Å². The molecule has 1 aliphatic rings. The lowest BCUT2D eigenvalue weighted by Gasteiger charge is -2.44. The van der Waals surface area contributed by atoms with E-state index in [0.29, 0.717) is 12.5 Å². The number of carbonyl (C=O) groups excluding carboxylic acids is 1. The van der Waals surface area contributed by atoms with Crippen LogP contribution in [-0.2, 0) is 9.53 Å². The molecule has 0 bridgehead atoms. The Morgan fingerprint density at radius 3 is 2.40 bits per heavy atom. The van der Waals surface area contributed by atoms with Crippen LogP contribution in [0.2, 0.25) is 0 Å². The smallest absolute Gasteiger partial charge is 0.309 e. The third kappa shape index (κ3) is 2.93. The zero-order valence-electron chi connectivity index (χ0n) is 14.4. The largest absolute Gasteiger partial charge is 0.466 e. The number of hydrogen-bond donors (Lipinski definition) is 0. The highest BCUT2D eigenvalue weighted by Crippen LogP contribution is 2.54. The Kier molecular flexibility index (Phi) is 4.27. The maximum absolute atomic E-state index is 12.4. The fourth-order valence-corrected chi connectivity index (χ4v) is 4.07. The highest BCUT2D eigenvalue weighted by molar-refractivity contribution is 5.83. The normalized spacial score (nSPS) is 22.4. The van der Waals surface area contributed by atoms with Crippen molar-refractivity contribution >= 4 is 16.7 Å². The molecule has 0 saturated heterocycles. The number of ether oxygens (including phenoxy) is 1. The second-order valence-electron chi connectivity index (χ2n) is 6.74. The minimum atomic E-state index is -0.0617. The van der Waals surface area contributed by atoms with Crippen molar-refractivity contribution in [3.05, 3.63) is 83.9 Å². The van der Waals surface area contributed by atoms with Crippen LogP contribution in [0, 0.1) is 5.92 Å². The van der Waals surface area contributed by atoms with Gasteiger partial charge in [-0.1, -0.05) is 72.8 Å². The molecule has 3 aromatic rings. The standard InChI is InChI=1S/C23H22O2/c1-2-25-23(24)21-15-20(22(21)17-9-4-3-5-10-17)19-13-12-16-8-6-7-11-18(16)14-19/h3-14,20-22H,2,15H2,1H3/t20?,21-,22-/m1/s1. The molecule has 4 rings (SSSR count). The second kappa shape index (κ2) is 6.72. The van der Waals surface area contributed by atoms with Gasteiger partial charge in [-0.2, -0.15) is 0 Å². The molecule has 126 valence electrons. The van der Waals surface area contributed by atoms with Crippen molar-refractivity contribution in [2.24, 2.45) is 5.92 Å². The quantitative estimate of drug-likeness (QED) is 0.608. The first-order valence-electron chi connectivity index (χ1n) is 8.98. The third-order valence-electron chi connectivity index (χ3n) is 5.35. The van der Waals surface area contributed by atoms with Crippen LogP contribution in [0.1, 0.15) is 36.3 Å². The molecule has 0 aromatic heterocycles. The van der Waals surface area contributed by atoms with Crippen LogP contribution in [0.5, 0.6) is 0 Å². The average Bonchev–Trinajstić information content (AvgIpc) is 2.62. The third-order valence-corrected chi connectivity index (χ3v) is 5.35. The van der Waals surface area contributed by atoms with Gasteiger partial charge in [0.2, 0.25) is 0 Å². The number of carbonyl (C=O) groups is 1. The summed E-state index contributed by atoms with van der Waals surface area (Å²) in [6.45, 7) is 2.31. The van der Waals surface area contributed by atoms with Crippen molar-refractivity contribution in [1.29, 1.82) is 0 Å². The SMILES string of the molecule is CCOC(=O)[C@@H]1CC(c2ccc3ccccc3c2)[C@H]1c1ccccc1. The van der Waals surface area contributed by atoms with Crippen LogP contribution in [0.15, 0.2) is 72.8 Å². The van der Waals surface area contributed by atoms with Crippen LogP contribution in [-0.4, -0.2) is 12.6 Å². The molecule has 0 aliphatic heterocycles. The van der Waals surface area contributed by atoms with E-state index >= 15 is 0 Å². The van der Waals surface area contributed by atoms with Gasteiger partial charge in [0.25, 0.3) is 0 Å². The maximum Gasteiger partial charge on any atom is 0.309 e. The van der Waals surface area contributed by atoms with Crippen molar-refractivity contribution in [2.75, 3.05) is 6.61 Å². The first-order chi connectivity index (χ1) is 12.3. The molecule has 3 aromatic carbocycles. The Balaban J connectivity index is 1.69. The lowest BCUT2D eigenvalue weighted by atomic mass is 9.59. The van der Waals surface area contributed by atoms with Crippen LogP contribution >= 0.6 is 0 Å². The number of rotatable bonds is 4. The van der Waals surface area contributed by atoms with E-state index in [1.165, 1.54) is 21.9 Å². The summed E-state index contributed by atoms with van der Waals surface area (Å²) in [6, 6.07) is 25.5. The van der Waals surface area contributed by atoms with E-state index in [9.17, 15) is 4.79 Å². The van der Waals surface area contributed by atoms with Gasteiger partial charge < -0.3 is 4.74 Å². The van der Waals surface area contributed by atoms with E-state index in [4.69, 9.17) is 4.74 Å². The van der Waals surface area contributed by atoms with Gasteiger partial charge in [-0.3, -0.25) is 4.79 Å². The fraction of sp³-hybridized carbons (Fsp3) is 0.261. The summed E-state index contributed by atoms with van der Waals surface area (Å²) in [5, 5.41) is 2.51. The summed E-state index contributed by atoms with van der Waals surface area (Å²) < 4.78 is 5.31. The van der Waals surface area contributed by atoms with E-state index in [-0.39, 0.29) is 17.8 Å². The molecular formula is C23H22O2. The molecule has 2 heteroatoms. The van der Waals surface area contributed by atoms with E-state index < -0.39 is 0 Å². The maximum atomic E-state index is 12.4. The van der Waals surface area contributed by atoms with Crippen LogP contribution in [0.4, 0.5) is 0 Å². The van der Waals surface area contributed by atoms with Gasteiger partial charge in [-0.05, 0) is 41.2 Å². The molecule has 1 saturated carbocycles. The summed E-state index contributed by atoms with van der Waals surface area (Å²) >= 11 is 0. The number of fused-ring (bicyclic) bond motifs is 1. The molecule has 0 amide bonds. The monoisotopic (exact) mass is 330 g/mol. The van der Waals surface area contributed by atoms with E-state index in [1.807, 2.05) is 25.1 Å². The molecule has 1 aliphatic carbocycles. The Labute approximate surface area is 148 Å². The molecule has 2 nitrogen and oxygen atoms in total. The van der Waals surface area contributed by atoms with E-state index in [0.717, 1.165) is 6.42 Å². The number of benzene rings is 3. The minimum absolute atomic E-state index is 0.0428. The summed E-state index contributed by atoms with van der Waals surface area (Å²) in [7, 11) is 0. The minimum Gasteiger partial charge on any atom is -0.466 e. The Hall–Kier alpha value is -2.61. The molecular weight excluding hydrogens is 308 g/mol. The summed E-state index contributed by atoms with van der Waals surface area (Å²) in [5.74, 6) is 0.454. The van der Waals surface area contributed by atoms with E-state index in [2.05, 4.69) is 54.6 Å². The summed E-state index contributed by atoms with van der Waals surface area (Å²) in [4.78, 5) is 12.4. The van der Waals surface area contributed by atoms with Crippen molar-refractivity contribution in [3.8, 4) is 0 Å². The van der Waals surface area contributed by atoms with Crippen LogP contribution in [0.25, 0.3) is 10.8 Å². The Bertz CT molecular complexity index is 885. The molecule has 0 heterocycles. The fourth-order valence-electron chi connectivity index (χ4n) is 4.07. The predicted octanol–water partition coefficient (Wildman–Crippen LogP) is 5.29. The highest BCUT2D eigenvalue weighted by atomic mass is 16.5. The lowest BCUT2D eigenvalue weighted by molar-refractivity contribution is -0.152. The Morgan fingerprint density at radius 1 is 0.920 bits per heavy atom. The highest BCUT2D eigenvalue weighted by Gasteiger charge is 2.47. The van der Waals surface area contributed by atoms with Crippen molar-refractivity contribution in [3.63, 3.8) is 0 Å². The van der Waals surface area contributed by atoms with Gasteiger partial charge in [0.15, 0.2) is 0 Å². The number of esters is 1. The van der Waals surface area contributed by atoms with Gasteiger partial charge in [-0.25, -0.2) is 0 Å². The van der Waals surface area contributed by atoms with Crippen LogP contribution < -0.4 is 0 Å². The van der Waals surface area contributed by atoms with E-state index in [1.54, 1.807) is 0 Å². The Morgan fingerprint density at radius 2 is 1.64 bits per heavy atom. The molecule has 25 heavy (non-hydrogen) atoms. The predicted molar refractivity (Wildman–Crippen MR) is 101 cm³/mol. The zero-order valence-corrected chi connectivity index (χ0v) is 14.4. The topological polar surface area (TPSA) is 26.3 Å². The molecule has 0 N–H and O–H groups in total. The van der Waals surface area contributed by atoms with Crippen molar-refractivity contribution < 1.29 is 9.53 Å². The van der Waals surface area contributed by atoms with Gasteiger partial charge in [-0.15, -0.1) is 0 Å². The van der Waals surface area contributed by atoms with Crippen molar-refractivity contribution in [1.82, 2.24) is 0 Å². The molecule has 1 fully saturated rings.